The molecule has 1 amide bonds. The van der Waals surface area contributed by atoms with E-state index in [0.29, 0.717) is 17.2 Å². The van der Waals surface area contributed by atoms with Gasteiger partial charge in [-0.3, -0.25) is 9.59 Å². The van der Waals surface area contributed by atoms with Crippen LogP contribution in [0.1, 0.15) is 38.8 Å². The molecular formula is C18H19NO5S. The van der Waals surface area contributed by atoms with E-state index in [2.05, 4.69) is 5.32 Å². The third-order valence-electron chi connectivity index (χ3n) is 3.40. The molecule has 1 aromatic carbocycles. The molecule has 1 heterocycles. The smallest absolute Gasteiger partial charge is 0.342 e. The van der Waals surface area contributed by atoms with Crippen molar-refractivity contribution in [3.63, 3.8) is 0 Å². The number of nitrogens with one attached hydrogen (secondary N) is 1. The average Bonchev–Trinajstić information content (AvgIpc) is 3.08. The number of hydrogen-bond donors (Lipinski definition) is 1. The number of ketones is 1. The third kappa shape index (κ3) is 4.90. The number of hydrogen-bond acceptors (Lipinski definition) is 6. The van der Waals surface area contributed by atoms with Gasteiger partial charge in [-0.2, -0.15) is 0 Å². The summed E-state index contributed by atoms with van der Waals surface area (Å²) >= 11 is 1.26. The summed E-state index contributed by atoms with van der Waals surface area (Å²) in [7, 11) is 1.46. The molecule has 1 aromatic heterocycles. The quantitative estimate of drug-likeness (QED) is 0.606. The number of para-hydroxylation sites is 1. The second kappa shape index (κ2) is 8.43. The van der Waals surface area contributed by atoms with Crippen LogP contribution in [0.25, 0.3) is 0 Å². The monoisotopic (exact) mass is 361 g/mol. The first-order valence-corrected chi connectivity index (χ1v) is 8.45. The minimum atomic E-state index is -0.926. The average molecular weight is 361 g/mol. The van der Waals surface area contributed by atoms with Crippen molar-refractivity contribution in [1.29, 1.82) is 0 Å². The number of carbonyl (C=O) groups excluding carboxylic acids is 3. The number of methoxy groups -OCH3 is 1. The van der Waals surface area contributed by atoms with E-state index in [0.717, 1.165) is 4.88 Å². The van der Waals surface area contributed by atoms with E-state index < -0.39 is 12.1 Å². The van der Waals surface area contributed by atoms with Gasteiger partial charge in [0.25, 0.3) is 0 Å². The molecule has 0 saturated carbocycles. The van der Waals surface area contributed by atoms with E-state index in [9.17, 15) is 14.4 Å². The Morgan fingerprint density at radius 1 is 1.16 bits per heavy atom. The van der Waals surface area contributed by atoms with Crippen molar-refractivity contribution < 1.29 is 23.9 Å². The minimum Gasteiger partial charge on any atom is -0.496 e. The number of amides is 1. The van der Waals surface area contributed by atoms with Crippen LogP contribution >= 0.6 is 11.3 Å². The predicted molar refractivity (Wildman–Crippen MR) is 94.0 cm³/mol. The topological polar surface area (TPSA) is 81.7 Å². The number of carbonyl (C=O) groups is 3. The van der Waals surface area contributed by atoms with Gasteiger partial charge in [-0.15, -0.1) is 11.3 Å². The Morgan fingerprint density at radius 3 is 2.56 bits per heavy atom. The molecule has 0 bridgehead atoms. The molecule has 0 saturated heterocycles. The Labute approximate surface area is 149 Å². The normalized spacial score (nSPS) is 11.5. The molecule has 2 rings (SSSR count). The number of ether oxygens (including phenoxy) is 2. The van der Waals surface area contributed by atoms with Crippen molar-refractivity contribution in [1.82, 2.24) is 5.32 Å². The van der Waals surface area contributed by atoms with Gasteiger partial charge in [0.1, 0.15) is 11.3 Å². The van der Waals surface area contributed by atoms with Gasteiger partial charge in [-0.05, 0) is 31.2 Å². The van der Waals surface area contributed by atoms with E-state index in [4.69, 9.17) is 9.47 Å². The van der Waals surface area contributed by atoms with Crippen molar-refractivity contribution >= 4 is 29.0 Å². The Morgan fingerprint density at radius 2 is 1.88 bits per heavy atom. The van der Waals surface area contributed by atoms with Crippen LogP contribution < -0.4 is 10.1 Å². The van der Waals surface area contributed by atoms with Gasteiger partial charge in [0.15, 0.2) is 6.10 Å². The number of Topliss-reactive ketones (excluding diaryl/α,β-unsaturated/α-hetero) is 1. The van der Waals surface area contributed by atoms with Crippen molar-refractivity contribution in [2.24, 2.45) is 0 Å². The fourth-order valence-electron chi connectivity index (χ4n) is 2.11. The molecule has 6 nitrogen and oxygen atoms in total. The first-order valence-electron chi connectivity index (χ1n) is 7.63. The van der Waals surface area contributed by atoms with Crippen molar-refractivity contribution in [3.05, 3.63) is 51.7 Å². The van der Waals surface area contributed by atoms with Crippen molar-refractivity contribution in [2.45, 2.75) is 26.5 Å². The molecule has 0 fully saturated rings. The lowest BCUT2D eigenvalue weighted by molar-refractivity contribution is -0.119. The highest BCUT2D eigenvalue weighted by Crippen LogP contribution is 2.22. The molecule has 0 spiro atoms. The lowest BCUT2D eigenvalue weighted by Gasteiger charge is -2.13. The summed E-state index contributed by atoms with van der Waals surface area (Å²) in [6, 6.07) is 10.1. The van der Waals surface area contributed by atoms with Gasteiger partial charge in [0.2, 0.25) is 11.7 Å². The van der Waals surface area contributed by atoms with Crippen LogP contribution in [-0.2, 0) is 16.1 Å². The highest BCUT2D eigenvalue weighted by molar-refractivity contribution is 7.14. The summed E-state index contributed by atoms with van der Waals surface area (Å²) in [6.45, 7) is 3.32. The molecule has 0 aliphatic heterocycles. The maximum Gasteiger partial charge on any atom is 0.342 e. The molecule has 1 unspecified atom stereocenters. The SMILES string of the molecule is COc1ccccc1C(=O)OC(C)C(=O)c1ccc(CNC(C)=O)s1. The molecule has 2 aromatic rings. The van der Waals surface area contributed by atoms with Crippen LogP contribution in [0.4, 0.5) is 0 Å². The standard InChI is InChI=1S/C18H19NO5S/c1-11(24-18(22)14-6-4-5-7-15(14)23-3)17(21)16-9-8-13(25-16)10-19-12(2)20/h4-9,11H,10H2,1-3H3,(H,19,20). The van der Waals surface area contributed by atoms with Gasteiger partial charge in [-0.25, -0.2) is 4.79 Å². The highest BCUT2D eigenvalue weighted by Gasteiger charge is 2.23. The van der Waals surface area contributed by atoms with Crippen LogP contribution in [0.3, 0.4) is 0 Å². The fraction of sp³-hybridized carbons (Fsp3) is 0.278. The first-order chi connectivity index (χ1) is 11.9. The molecule has 7 heteroatoms. The molecule has 0 aliphatic carbocycles. The summed E-state index contributed by atoms with van der Waals surface area (Å²) in [6.07, 6.45) is -0.926. The van der Waals surface area contributed by atoms with E-state index >= 15 is 0 Å². The maximum atomic E-state index is 12.4. The lowest BCUT2D eigenvalue weighted by atomic mass is 10.2. The van der Waals surface area contributed by atoms with Crippen LogP contribution in [0.2, 0.25) is 0 Å². The summed E-state index contributed by atoms with van der Waals surface area (Å²) in [5.41, 5.74) is 0.266. The van der Waals surface area contributed by atoms with Crippen LogP contribution in [0, 0.1) is 0 Å². The Hall–Kier alpha value is -2.67. The molecule has 25 heavy (non-hydrogen) atoms. The van der Waals surface area contributed by atoms with Crippen molar-refractivity contribution in [2.75, 3.05) is 7.11 Å². The van der Waals surface area contributed by atoms with Crippen molar-refractivity contribution in [3.8, 4) is 5.75 Å². The lowest BCUT2D eigenvalue weighted by Crippen LogP contribution is -2.24. The second-order valence-corrected chi connectivity index (χ2v) is 6.46. The van der Waals surface area contributed by atoms with E-state index in [-0.39, 0.29) is 17.3 Å². The molecule has 0 radical (unpaired) electrons. The molecule has 1 N–H and O–H groups in total. The zero-order chi connectivity index (χ0) is 18.4. The van der Waals surface area contributed by atoms with Gasteiger partial charge in [0.05, 0.1) is 18.5 Å². The van der Waals surface area contributed by atoms with Gasteiger partial charge in [0, 0.05) is 11.8 Å². The largest absolute Gasteiger partial charge is 0.496 e. The summed E-state index contributed by atoms with van der Waals surface area (Å²) in [5.74, 6) is -0.656. The predicted octanol–water partition coefficient (Wildman–Crippen LogP) is 2.82. The van der Waals surface area contributed by atoms with E-state index in [1.807, 2.05) is 0 Å². The Balaban J connectivity index is 2.02. The van der Waals surface area contributed by atoms with Gasteiger partial charge >= 0.3 is 5.97 Å². The Bertz CT molecular complexity index is 783. The van der Waals surface area contributed by atoms with Gasteiger partial charge in [-0.1, -0.05) is 12.1 Å². The van der Waals surface area contributed by atoms with Crippen LogP contribution in [0.5, 0.6) is 5.75 Å². The first kappa shape index (κ1) is 18.7. The van der Waals surface area contributed by atoms with Crippen LogP contribution in [-0.4, -0.2) is 30.9 Å². The zero-order valence-corrected chi connectivity index (χ0v) is 15.0. The molecule has 1 atom stereocenters. The summed E-state index contributed by atoms with van der Waals surface area (Å²) < 4.78 is 10.4. The molecule has 0 aliphatic rings. The highest BCUT2D eigenvalue weighted by atomic mass is 32.1. The Kier molecular flexibility index (Phi) is 6.30. The zero-order valence-electron chi connectivity index (χ0n) is 14.2. The van der Waals surface area contributed by atoms with E-state index in [1.54, 1.807) is 36.4 Å². The number of benzene rings is 1. The maximum absolute atomic E-state index is 12.4. The summed E-state index contributed by atoms with van der Waals surface area (Å²) in [5, 5.41) is 2.67. The number of rotatable bonds is 7. The molecular weight excluding hydrogens is 342 g/mol. The molecule has 132 valence electrons. The minimum absolute atomic E-state index is 0.139. The summed E-state index contributed by atoms with van der Waals surface area (Å²) in [4.78, 5) is 36.9. The van der Waals surface area contributed by atoms with Gasteiger partial charge < -0.3 is 14.8 Å². The third-order valence-corrected chi connectivity index (χ3v) is 4.50. The van der Waals surface area contributed by atoms with Crippen LogP contribution in [0.15, 0.2) is 36.4 Å². The number of thiophene rings is 1. The van der Waals surface area contributed by atoms with E-state index in [1.165, 1.54) is 32.3 Å². The number of esters is 1. The second-order valence-electron chi connectivity index (χ2n) is 5.29. The fourth-order valence-corrected chi connectivity index (χ4v) is 3.07.